The first-order valence-corrected chi connectivity index (χ1v) is 7.40. The topological polar surface area (TPSA) is 70.2 Å². The highest BCUT2D eigenvalue weighted by Gasteiger charge is 2.28. The van der Waals surface area contributed by atoms with Crippen LogP contribution in [0.5, 0.6) is 0 Å². The first-order valence-electron chi connectivity index (χ1n) is 7.40. The summed E-state index contributed by atoms with van der Waals surface area (Å²) in [6.45, 7) is 7.60. The maximum atomic E-state index is 12.1. The normalized spacial score (nSPS) is 16.2. The van der Waals surface area contributed by atoms with E-state index in [1.165, 1.54) is 0 Å². The monoisotopic (exact) mass is 289 g/mol. The van der Waals surface area contributed by atoms with Crippen molar-refractivity contribution in [3.8, 4) is 0 Å². The second-order valence-corrected chi connectivity index (χ2v) is 5.90. The predicted molar refractivity (Wildman–Crippen MR) is 83.2 cm³/mol. The molecule has 1 unspecified atom stereocenters. The van der Waals surface area contributed by atoms with E-state index in [0.29, 0.717) is 11.5 Å². The van der Waals surface area contributed by atoms with E-state index in [9.17, 15) is 9.59 Å². The van der Waals surface area contributed by atoms with Gasteiger partial charge in [-0.3, -0.25) is 9.59 Å². The molecule has 114 valence electrons. The molecule has 1 saturated heterocycles. The Kier molecular flexibility index (Phi) is 4.96. The third-order valence-corrected chi connectivity index (χ3v) is 3.77. The van der Waals surface area contributed by atoms with Crippen molar-refractivity contribution in [3.05, 3.63) is 29.8 Å². The highest BCUT2D eigenvalue weighted by atomic mass is 16.2. The molecular formula is C16H23N3O2. The first-order chi connectivity index (χ1) is 9.97. The fraction of sp³-hybridized carbons (Fsp3) is 0.500. The molecule has 1 fully saturated rings. The smallest absolute Gasteiger partial charge is 0.251 e. The Labute approximate surface area is 125 Å². The fourth-order valence-corrected chi connectivity index (χ4v) is 2.19. The zero-order chi connectivity index (χ0) is 15.4. The van der Waals surface area contributed by atoms with Crippen molar-refractivity contribution >= 4 is 17.5 Å². The number of nitrogens with one attached hydrogen (secondary N) is 3. The third kappa shape index (κ3) is 4.04. The second kappa shape index (κ2) is 6.72. The molecule has 3 N–H and O–H groups in total. The van der Waals surface area contributed by atoms with Crippen LogP contribution < -0.4 is 16.0 Å². The molecule has 5 heteroatoms. The Morgan fingerprint density at radius 1 is 1.14 bits per heavy atom. The van der Waals surface area contributed by atoms with Gasteiger partial charge in [-0.05, 0) is 57.1 Å². The molecule has 1 aliphatic rings. The zero-order valence-electron chi connectivity index (χ0n) is 12.8. The second-order valence-electron chi connectivity index (χ2n) is 5.90. The van der Waals surface area contributed by atoms with E-state index in [4.69, 9.17) is 0 Å². The van der Waals surface area contributed by atoms with Crippen LogP contribution in [-0.4, -0.2) is 30.9 Å². The molecule has 5 nitrogen and oxygen atoms in total. The van der Waals surface area contributed by atoms with Crippen LogP contribution in [0.25, 0.3) is 0 Å². The molecule has 1 aromatic rings. The molecule has 0 radical (unpaired) electrons. The van der Waals surface area contributed by atoms with Crippen LogP contribution in [0.3, 0.4) is 0 Å². The molecular weight excluding hydrogens is 266 g/mol. The quantitative estimate of drug-likeness (QED) is 0.771. The average Bonchev–Trinajstić information content (AvgIpc) is 2.36. The van der Waals surface area contributed by atoms with Crippen LogP contribution in [0.2, 0.25) is 0 Å². The summed E-state index contributed by atoms with van der Waals surface area (Å²) in [6, 6.07) is 7.08. The number of anilines is 1. The van der Waals surface area contributed by atoms with Gasteiger partial charge < -0.3 is 16.0 Å². The minimum absolute atomic E-state index is 0.00448. The Morgan fingerprint density at radius 2 is 1.76 bits per heavy atom. The molecule has 1 aliphatic heterocycles. The molecule has 0 aromatic heterocycles. The Morgan fingerprint density at radius 3 is 2.24 bits per heavy atom. The zero-order valence-corrected chi connectivity index (χ0v) is 12.8. The number of rotatable bonds is 5. The highest BCUT2D eigenvalue weighted by molar-refractivity contribution is 5.96. The van der Waals surface area contributed by atoms with E-state index in [0.717, 1.165) is 18.8 Å². The highest BCUT2D eigenvalue weighted by Crippen LogP contribution is 2.18. The number of hydrogen-bond acceptors (Lipinski definition) is 3. The number of carbonyl (C=O) groups excluding carboxylic acids is 2. The van der Waals surface area contributed by atoms with Gasteiger partial charge in [0.2, 0.25) is 5.91 Å². The lowest BCUT2D eigenvalue weighted by Gasteiger charge is -2.31. The van der Waals surface area contributed by atoms with Crippen molar-refractivity contribution in [3.63, 3.8) is 0 Å². The minimum Gasteiger partial charge on any atom is -0.350 e. The lowest BCUT2D eigenvalue weighted by Crippen LogP contribution is -2.48. The summed E-state index contributed by atoms with van der Waals surface area (Å²) in [5.41, 5.74) is 1.32. The fourth-order valence-electron chi connectivity index (χ4n) is 2.19. The summed E-state index contributed by atoms with van der Waals surface area (Å²) in [4.78, 5) is 23.9. The van der Waals surface area contributed by atoms with E-state index in [1.807, 2.05) is 20.8 Å². The van der Waals surface area contributed by atoms with Gasteiger partial charge in [0.05, 0.1) is 0 Å². The van der Waals surface area contributed by atoms with Crippen LogP contribution in [0.4, 0.5) is 5.69 Å². The molecule has 1 atom stereocenters. The van der Waals surface area contributed by atoms with Gasteiger partial charge in [-0.25, -0.2) is 0 Å². The van der Waals surface area contributed by atoms with Gasteiger partial charge in [0.1, 0.15) is 0 Å². The number of hydrogen-bond donors (Lipinski definition) is 3. The van der Waals surface area contributed by atoms with Crippen LogP contribution in [0.15, 0.2) is 24.3 Å². The largest absolute Gasteiger partial charge is 0.350 e. The summed E-state index contributed by atoms with van der Waals surface area (Å²) in [5, 5.41) is 8.91. The van der Waals surface area contributed by atoms with Gasteiger partial charge in [-0.15, -0.1) is 0 Å². The van der Waals surface area contributed by atoms with Crippen LogP contribution in [0.1, 0.15) is 31.1 Å². The maximum absolute atomic E-state index is 12.1. The van der Waals surface area contributed by atoms with Crippen LogP contribution >= 0.6 is 0 Å². The Bertz CT molecular complexity index is 507. The molecule has 1 heterocycles. The SMILES string of the molecule is CC(C)NC(=O)c1ccc(NC(=O)C(C)C2CNC2)cc1. The molecule has 1 aromatic carbocycles. The van der Waals surface area contributed by atoms with E-state index in [1.54, 1.807) is 24.3 Å². The Balaban J connectivity index is 1.92. The van der Waals surface area contributed by atoms with E-state index >= 15 is 0 Å². The molecule has 0 spiro atoms. The minimum atomic E-state index is -0.100. The van der Waals surface area contributed by atoms with E-state index in [-0.39, 0.29) is 23.8 Å². The lowest BCUT2D eigenvalue weighted by atomic mass is 9.88. The molecule has 21 heavy (non-hydrogen) atoms. The van der Waals surface area contributed by atoms with E-state index < -0.39 is 0 Å². The maximum Gasteiger partial charge on any atom is 0.251 e. The molecule has 0 aliphatic carbocycles. The van der Waals surface area contributed by atoms with Gasteiger partial charge >= 0.3 is 0 Å². The van der Waals surface area contributed by atoms with Crippen molar-refractivity contribution in [2.45, 2.75) is 26.8 Å². The van der Waals surface area contributed by atoms with E-state index in [2.05, 4.69) is 16.0 Å². The number of carbonyl (C=O) groups is 2. The van der Waals surface area contributed by atoms with Gasteiger partial charge in [0.25, 0.3) is 5.91 Å². The standard InChI is InChI=1S/C16H23N3O2/c1-10(2)18-16(21)12-4-6-14(7-5-12)19-15(20)11(3)13-8-17-9-13/h4-7,10-11,13,17H,8-9H2,1-3H3,(H,18,21)(H,19,20). The first kappa shape index (κ1) is 15.5. The average molecular weight is 289 g/mol. The third-order valence-electron chi connectivity index (χ3n) is 3.77. The lowest BCUT2D eigenvalue weighted by molar-refractivity contribution is -0.121. The summed E-state index contributed by atoms with van der Waals surface area (Å²) >= 11 is 0. The number of benzene rings is 1. The molecule has 2 rings (SSSR count). The molecule has 0 saturated carbocycles. The van der Waals surface area contributed by atoms with Crippen molar-refractivity contribution in [2.24, 2.45) is 11.8 Å². The van der Waals surface area contributed by atoms with Crippen LogP contribution in [-0.2, 0) is 4.79 Å². The Hall–Kier alpha value is -1.88. The van der Waals surface area contributed by atoms with Crippen molar-refractivity contribution in [2.75, 3.05) is 18.4 Å². The molecule has 2 amide bonds. The van der Waals surface area contributed by atoms with Crippen LogP contribution in [0, 0.1) is 11.8 Å². The van der Waals surface area contributed by atoms with Gasteiger partial charge in [0, 0.05) is 23.2 Å². The van der Waals surface area contributed by atoms with Crippen molar-refractivity contribution in [1.82, 2.24) is 10.6 Å². The predicted octanol–water partition coefficient (Wildman–Crippen LogP) is 1.62. The number of amides is 2. The van der Waals surface area contributed by atoms with Gasteiger partial charge in [-0.1, -0.05) is 6.92 Å². The van der Waals surface area contributed by atoms with Crippen molar-refractivity contribution < 1.29 is 9.59 Å². The van der Waals surface area contributed by atoms with Gasteiger partial charge in [0.15, 0.2) is 0 Å². The molecule has 0 bridgehead atoms. The summed E-state index contributed by atoms with van der Waals surface area (Å²) in [7, 11) is 0. The summed E-state index contributed by atoms with van der Waals surface area (Å²) in [6.07, 6.45) is 0. The summed E-state index contributed by atoms with van der Waals surface area (Å²) in [5.74, 6) is 0.342. The van der Waals surface area contributed by atoms with Gasteiger partial charge in [-0.2, -0.15) is 0 Å². The summed E-state index contributed by atoms with van der Waals surface area (Å²) < 4.78 is 0. The van der Waals surface area contributed by atoms with Crippen molar-refractivity contribution in [1.29, 1.82) is 0 Å².